The van der Waals surface area contributed by atoms with E-state index < -0.39 is 5.97 Å². The molecule has 0 aliphatic heterocycles. The standard InChI is InChI=1S/C15H10N4O2S/c20-15(21)10-4-7-16-11(8-10)2-3-12-9-22-14(19-12)13-17-5-1-6-18-13/h1-9H,(H,20,21)/b3-2+. The number of nitrogens with zero attached hydrogens (tertiary/aromatic N) is 4. The second kappa shape index (κ2) is 6.23. The molecule has 3 aromatic heterocycles. The lowest BCUT2D eigenvalue weighted by Crippen LogP contribution is -1.96. The molecular weight excluding hydrogens is 300 g/mol. The maximum absolute atomic E-state index is 10.9. The third-order valence-corrected chi connectivity index (χ3v) is 3.59. The molecule has 1 N–H and O–H groups in total. The smallest absolute Gasteiger partial charge is 0.335 e. The summed E-state index contributed by atoms with van der Waals surface area (Å²) in [5, 5.41) is 11.6. The van der Waals surface area contributed by atoms with E-state index in [1.807, 2.05) is 5.38 Å². The van der Waals surface area contributed by atoms with E-state index in [9.17, 15) is 4.79 Å². The highest BCUT2D eigenvalue weighted by Crippen LogP contribution is 2.20. The van der Waals surface area contributed by atoms with Crippen molar-refractivity contribution in [2.24, 2.45) is 0 Å². The summed E-state index contributed by atoms with van der Waals surface area (Å²) in [6, 6.07) is 4.71. The van der Waals surface area contributed by atoms with Crippen LogP contribution < -0.4 is 0 Å². The van der Waals surface area contributed by atoms with E-state index in [0.717, 1.165) is 10.7 Å². The molecule has 0 aliphatic rings. The van der Waals surface area contributed by atoms with Gasteiger partial charge in [-0.2, -0.15) is 0 Å². The minimum atomic E-state index is -0.978. The van der Waals surface area contributed by atoms with Gasteiger partial charge in [-0.1, -0.05) is 0 Å². The number of carbonyl (C=O) groups is 1. The maximum atomic E-state index is 10.9. The Hall–Kier alpha value is -2.93. The summed E-state index contributed by atoms with van der Waals surface area (Å²) in [6.45, 7) is 0. The van der Waals surface area contributed by atoms with Gasteiger partial charge in [0, 0.05) is 24.0 Å². The lowest BCUT2D eigenvalue weighted by molar-refractivity contribution is 0.0696. The van der Waals surface area contributed by atoms with Gasteiger partial charge in [0.15, 0.2) is 10.8 Å². The van der Waals surface area contributed by atoms with E-state index in [4.69, 9.17) is 5.11 Å². The number of rotatable bonds is 4. The SMILES string of the molecule is O=C(O)c1ccnc(/C=C/c2csc(-c3ncccn3)n2)c1. The van der Waals surface area contributed by atoms with E-state index in [2.05, 4.69) is 19.9 Å². The molecule has 0 unspecified atom stereocenters. The predicted molar refractivity (Wildman–Crippen MR) is 83.3 cm³/mol. The Balaban J connectivity index is 1.80. The zero-order valence-corrected chi connectivity index (χ0v) is 12.1. The molecule has 0 atom stereocenters. The van der Waals surface area contributed by atoms with Crippen molar-refractivity contribution >= 4 is 29.5 Å². The summed E-state index contributed by atoms with van der Waals surface area (Å²) in [4.78, 5) is 27.7. The van der Waals surface area contributed by atoms with E-state index in [0.29, 0.717) is 11.5 Å². The first kappa shape index (κ1) is 14.0. The summed E-state index contributed by atoms with van der Waals surface area (Å²) < 4.78 is 0. The fourth-order valence-corrected chi connectivity index (χ4v) is 2.45. The number of thiazole rings is 1. The number of carboxylic acid groups (broad SMARTS) is 1. The van der Waals surface area contributed by atoms with Gasteiger partial charge in [0.2, 0.25) is 0 Å². The third kappa shape index (κ3) is 3.21. The van der Waals surface area contributed by atoms with Gasteiger partial charge in [-0.25, -0.2) is 19.7 Å². The summed E-state index contributed by atoms with van der Waals surface area (Å²) in [6.07, 6.45) is 8.29. The molecule has 3 heterocycles. The van der Waals surface area contributed by atoms with Crippen molar-refractivity contribution in [2.75, 3.05) is 0 Å². The van der Waals surface area contributed by atoms with Crippen LogP contribution in [0, 0.1) is 0 Å². The second-order valence-corrected chi connectivity index (χ2v) is 5.12. The first-order chi connectivity index (χ1) is 10.7. The van der Waals surface area contributed by atoms with E-state index in [1.54, 1.807) is 30.6 Å². The molecule has 108 valence electrons. The van der Waals surface area contributed by atoms with Gasteiger partial charge in [0.1, 0.15) is 0 Å². The van der Waals surface area contributed by atoms with Crippen molar-refractivity contribution in [2.45, 2.75) is 0 Å². The van der Waals surface area contributed by atoms with Crippen molar-refractivity contribution in [3.8, 4) is 10.8 Å². The first-order valence-electron chi connectivity index (χ1n) is 6.33. The van der Waals surface area contributed by atoms with Crippen molar-refractivity contribution in [1.82, 2.24) is 19.9 Å². The highest BCUT2D eigenvalue weighted by molar-refractivity contribution is 7.13. The first-order valence-corrected chi connectivity index (χ1v) is 7.21. The molecule has 0 bridgehead atoms. The number of pyridine rings is 1. The molecule has 0 fully saturated rings. The fraction of sp³-hybridized carbons (Fsp3) is 0. The third-order valence-electron chi connectivity index (χ3n) is 2.73. The van der Waals surface area contributed by atoms with Crippen LogP contribution >= 0.6 is 11.3 Å². The summed E-state index contributed by atoms with van der Waals surface area (Å²) >= 11 is 1.44. The fourth-order valence-electron chi connectivity index (χ4n) is 1.72. The average Bonchev–Trinajstić information content (AvgIpc) is 3.03. The van der Waals surface area contributed by atoms with Gasteiger partial charge in [-0.05, 0) is 30.4 Å². The topological polar surface area (TPSA) is 88.9 Å². The molecule has 0 aliphatic carbocycles. The highest BCUT2D eigenvalue weighted by atomic mass is 32.1. The summed E-state index contributed by atoms with van der Waals surface area (Å²) in [5.74, 6) is -0.396. The van der Waals surface area contributed by atoms with Crippen LogP contribution in [0.5, 0.6) is 0 Å². The van der Waals surface area contributed by atoms with Crippen LogP contribution in [0.25, 0.3) is 23.0 Å². The Morgan fingerprint density at radius 1 is 1.09 bits per heavy atom. The molecule has 0 saturated carbocycles. The summed E-state index contributed by atoms with van der Waals surface area (Å²) in [5.41, 5.74) is 1.51. The molecule has 0 aromatic carbocycles. The van der Waals surface area contributed by atoms with Crippen LogP contribution in [-0.2, 0) is 0 Å². The van der Waals surface area contributed by atoms with E-state index in [-0.39, 0.29) is 5.56 Å². The van der Waals surface area contributed by atoms with Gasteiger partial charge in [-0.3, -0.25) is 4.98 Å². The lowest BCUT2D eigenvalue weighted by atomic mass is 10.2. The minimum absolute atomic E-state index is 0.200. The van der Waals surface area contributed by atoms with Gasteiger partial charge in [-0.15, -0.1) is 11.3 Å². The molecule has 3 aromatic rings. The Morgan fingerprint density at radius 3 is 2.64 bits per heavy atom. The molecule has 3 rings (SSSR count). The van der Waals surface area contributed by atoms with Crippen molar-refractivity contribution < 1.29 is 9.90 Å². The van der Waals surface area contributed by atoms with Crippen molar-refractivity contribution in [3.63, 3.8) is 0 Å². The van der Waals surface area contributed by atoms with Gasteiger partial charge >= 0.3 is 5.97 Å². The molecule has 0 spiro atoms. The second-order valence-electron chi connectivity index (χ2n) is 4.26. The number of aromatic carboxylic acids is 1. The lowest BCUT2D eigenvalue weighted by Gasteiger charge is -1.95. The van der Waals surface area contributed by atoms with Crippen LogP contribution in [-0.4, -0.2) is 31.0 Å². The van der Waals surface area contributed by atoms with E-state index in [1.165, 1.54) is 29.7 Å². The minimum Gasteiger partial charge on any atom is -0.478 e. The highest BCUT2D eigenvalue weighted by Gasteiger charge is 2.05. The molecule has 0 amide bonds. The molecule has 7 heteroatoms. The molecule has 0 saturated heterocycles. The van der Waals surface area contributed by atoms with Crippen molar-refractivity contribution in [3.05, 3.63) is 59.1 Å². The Morgan fingerprint density at radius 2 is 1.86 bits per heavy atom. The Bertz CT molecular complexity index is 830. The normalized spacial score (nSPS) is 10.9. The van der Waals surface area contributed by atoms with Crippen molar-refractivity contribution in [1.29, 1.82) is 0 Å². The number of hydrogen-bond acceptors (Lipinski definition) is 6. The maximum Gasteiger partial charge on any atom is 0.335 e. The quantitative estimate of drug-likeness (QED) is 0.797. The van der Waals surface area contributed by atoms with Crippen LogP contribution in [0.1, 0.15) is 21.7 Å². The largest absolute Gasteiger partial charge is 0.478 e. The molecule has 22 heavy (non-hydrogen) atoms. The van der Waals surface area contributed by atoms with Crippen LogP contribution in [0.15, 0.2) is 42.2 Å². The molecule has 6 nitrogen and oxygen atoms in total. The number of carboxylic acids is 1. The van der Waals surface area contributed by atoms with Gasteiger partial charge < -0.3 is 5.11 Å². The van der Waals surface area contributed by atoms with Gasteiger partial charge in [0.05, 0.1) is 17.0 Å². The number of hydrogen-bond donors (Lipinski definition) is 1. The summed E-state index contributed by atoms with van der Waals surface area (Å²) in [7, 11) is 0. The van der Waals surface area contributed by atoms with E-state index >= 15 is 0 Å². The molecular formula is C15H10N4O2S. The predicted octanol–water partition coefficient (Wildman–Crippen LogP) is 2.86. The zero-order valence-electron chi connectivity index (χ0n) is 11.2. The average molecular weight is 310 g/mol. The Kier molecular flexibility index (Phi) is 3.97. The Labute approximate surface area is 129 Å². The van der Waals surface area contributed by atoms with Crippen LogP contribution in [0.2, 0.25) is 0 Å². The van der Waals surface area contributed by atoms with Crippen LogP contribution in [0.3, 0.4) is 0 Å². The van der Waals surface area contributed by atoms with Crippen LogP contribution in [0.4, 0.5) is 0 Å². The monoisotopic (exact) mass is 310 g/mol. The zero-order chi connectivity index (χ0) is 15.4. The molecule has 0 radical (unpaired) electrons. The van der Waals surface area contributed by atoms with Gasteiger partial charge in [0.25, 0.3) is 0 Å². The number of aromatic nitrogens is 4.